The SMILES string of the molecule is CC[C@@H](c1c([N+](=O)[O-])ccc(C)c1O)N1CCNCC1. The summed E-state index contributed by atoms with van der Waals surface area (Å²) in [7, 11) is 0. The second-order valence-electron chi connectivity index (χ2n) is 5.13. The van der Waals surface area contributed by atoms with Gasteiger partial charge in [0.15, 0.2) is 0 Å². The first kappa shape index (κ1) is 14.7. The minimum absolute atomic E-state index is 0.0125. The zero-order chi connectivity index (χ0) is 14.7. The van der Waals surface area contributed by atoms with Crippen molar-refractivity contribution in [3.05, 3.63) is 33.4 Å². The first-order valence-electron chi connectivity index (χ1n) is 6.97. The number of phenols is 1. The van der Waals surface area contributed by atoms with Crippen LogP contribution in [0.5, 0.6) is 5.75 Å². The zero-order valence-electron chi connectivity index (χ0n) is 11.9. The van der Waals surface area contributed by atoms with Gasteiger partial charge in [-0.05, 0) is 25.0 Å². The lowest BCUT2D eigenvalue weighted by atomic mass is 9.96. The second kappa shape index (κ2) is 6.19. The summed E-state index contributed by atoms with van der Waals surface area (Å²) in [6.07, 6.45) is 0.734. The maximum atomic E-state index is 11.3. The number of benzene rings is 1. The molecule has 1 fully saturated rings. The van der Waals surface area contributed by atoms with E-state index in [1.165, 1.54) is 6.07 Å². The smallest absolute Gasteiger partial charge is 0.277 e. The summed E-state index contributed by atoms with van der Waals surface area (Å²) in [5, 5.41) is 24.8. The third kappa shape index (κ3) is 2.76. The fourth-order valence-corrected chi connectivity index (χ4v) is 2.83. The molecule has 2 rings (SSSR count). The number of nitro benzene ring substituents is 1. The molecule has 6 nitrogen and oxygen atoms in total. The Hall–Kier alpha value is -1.66. The summed E-state index contributed by atoms with van der Waals surface area (Å²) in [6, 6.07) is 2.98. The van der Waals surface area contributed by atoms with Gasteiger partial charge in [0, 0.05) is 38.3 Å². The van der Waals surface area contributed by atoms with Crippen LogP contribution in [0.2, 0.25) is 0 Å². The van der Waals surface area contributed by atoms with Crippen LogP contribution < -0.4 is 5.32 Å². The van der Waals surface area contributed by atoms with Crippen LogP contribution in [0, 0.1) is 17.0 Å². The monoisotopic (exact) mass is 279 g/mol. The molecule has 1 aromatic rings. The van der Waals surface area contributed by atoms with Crippen molar-refractivity contribution in [1.82, 2.24) is 10.2 Å². The molecule has 1 aliphatic rings. The molecule has 20 heavy (non-hydrogen) atoms. The lowest BCUT2D eigenvalue weighted by Crippen LogP contribution is -2.45. The van der Waals surface area contributed by atoms with Gasteiger partial charge in [0.1, 0.15) is 5.75 Å². The Morgan fingerprint density at radius 1 is 1.45 bits per heavy atom. The Morgan fingerprint density at radius 2 is 2.10 bits per heavy atom. The molecule has 0 spiro atoms. The molecule has 110 valence electrons. The van der Waals surface area contributed by atoms with Crippen LogP contribution in [0.4, 0.5) is 5.69 Å². The van der Waals surface area contributed by atoms with Crippen LogP contribution >= 0.6 is 0 Å². The van der Waals surface area contributed by atoms with Crippen LogP contribution in [0.25, 0.3) is 0 Å². The third-order valence-electron chi connectivity index (χ3n) is 3.90. The highest BCUT2D eigenvalue weighted by Crippen LogP contribution is 2.39. The maximum absolute atomic E-state index is 11.3. The van der Waals surface area contributed by atoms with E-state index in [9.17, 15) is 15.2 Å². The van der Waals surface area contributed by atoms with Gasteiger partial charge >= 0.3 is 0 Å². The van der Waals surface area contributed by atoms with Crippen LogP contribution in [0.1, 0.15) is 30.5 Å². The van der Waals surface area contributed by atoms with E-state index in [2.05, 4.69) is 10.2 Å². The normalized spacial score (nSPS) is 17.9. The molecule has 0 aliphatic carbocycles. The first-order chi connectivity index (χ1) is 9.56. The number of nitrogens with one attached hydrogen (secondary N) is 1. The molecule has 1 heterocycles. The Bertz CT molecular complexity index is 499. The highest BCUT2D eigenvalue weighted by atomic mass is 16.6. The van der Waals surface area contributed by atoms with Gasteiger partial charge in [0.2, 0.25) is 0 Å². The van der Waals surface area contributed by atoms with Gasteiger partial charge in [-0.15, -0.1) is 0 Å². The summed E-state index contributed by atoms with van der Waals surface area (Å²) >= 11 is 0. The molecule has 1 atom stereocenters. The van der Waals surface area contributed by atoms with E-state index in [1.54, 1.807) is 13.0 Å². The van der Waals surface area contributed by atoms with E-state index in [1.807, 2.05) is 6.92 Å². The number of rotatable bonds is 4. The molecule has 0 aromatic heterocycles. The second-order valence-corrected chi connectivity index (χ2v) is 5.13. The molecular weight excluding hydrogens is 258 g/mol. The summed E-state index contributed by atoms with van der Waals surface area (Å²) in [5.74, 6) is 0.0598. The molecule has 0 bridgehead atoms. The number of aryl methyl sites for hydroxylation is 1. The maximum Gasteiger partial charge on any atom is 0.277 e. The number of piperazine rings is 1. The van der Waals surface area contributed by atoms with Crippen LogP contribution in [0.3, 0.4) is 0 Å². The van der Waals surface area contributed by atoms with Crippen LogP contribution in [-0.2, 0) is 0 Å². The number of aromatic hydroxyl groups is 1. The van der Waals surface area contributed by atoms with Crippen molar-refractivity contribution in [1.29, 1.82) is 0 Å². The van der Waals surface area contributed by atoms with Gasteiger partial charge < -0.3 is 10.4 Å². The number of hydrogen-bond donors (Lipinski definition) is 2. The van der Waals surface area contributed by atoms with Gasteiger partial charge in [0.25, 0.3) is 5.69 Å². The molecule has 1 aliphatic heterocycles. The zero-order valence-corrected chi connectivity index (χ0v) is 11.9. The van der Waals surface area contributed by atoms with Crippen molar-refractivity contribution in [2.75, 3.05) is 26.2 Å². The highest BCUT2D eigenvalue weighted by molar-refractivity contribution is 5.54. The van der Waals surface area contributed by atoms with E-state index in [-0.39, 0.29) is 17.5 Å². The first-order valence-corrected chi connectivity index (χ1v) is 6.97. The molecule has 0 radical (unpaired) electrons. The lowest BCUT2D eigenvalue weighted by molar-refractivity contribution is -0.386. The van der Waals surface area contributed by atoms with Crippen molar-refractivity contribution in [2.45, 2.75) is 26.3 Å². The van der Waals surface area contributed by atoms with E-state index < -0.39 is 4.92 Å². The minimum atomic E-state index is -0.403. The van der Waals surface area contributed by atoms with Gasteiger partial charge in [-0.1, -0.05) is 6.92 Å². The van der Waals surface area contributed by atoms with E-state index in [4.69, 9.17) is 0 Å². The van der Waals surface area contributed by atoms with Crippen molar-refractivity contribution < 1.29 is 10.0 Å². The molecule has 1 saturated heterocycles. The predicted octanol–water partition coefficient (Wildman–Crippen LogP) is 1.97. The van der Waals surface area contributed by atoms with E-state index >= 15 is 0 Å². The summed E-state index contributed by atoms with van der Waals surface area (Å²) in [4.78, 5) is 13.1. The molecule has 2 N–H and O–H groups in total. The van der Waals surface area contributed by atoms with Gasteiger partial charge in [-0.3, -0.25) is 15.0 Å². The van der Waals surface area contributed by atoms with Crippen molar-refractivity contribution in [2.24, 2.45) is 0 Å². The Kier molecular flexibility index (Phi) is 4.57. The Morgan fingerprint density at radius 3 is 2.65 bits per heavy atom. The fraction of sp³-hybridized carbons (Fsp3) is 0.571. The van der Waals surface area contributed by atoms with E-state index in [0.717, 1.165) is 32.6 Å². The van der Waals surface area contributed by atoms with Crippen molar-refractivity contribution >= 4 is 5.69 Å². The average Bonchev–Trinajstić information content (AvgIpc) is 2.45. The van der Waals surface area contributed by atoms with Crippen molar-refractivity contribution in [3.63, 3.8) is 0 Å². The Labute approximate surface area is 118 Å². The van der Waals surface area contributed by atoms with E-state index in [0.29, 0.717) is 11.1 Å². The highest BCUT2D eigenvalue weighted by Gasteiger charge is 2.30. The van der Waals surface area contributed by atoms with Crippen molar-refractivity contribution in [3.8, 4) is 5.75 Å². The lowest BCUT2D eigenvalue weighted by Gasteiger charge is -2.34. The number of nitrogens with zero attached hydrogens (tertiary/aromatic N) is 2. The average molecular weight is 279 g/mol. The largest absolute Gasteiger partial charge is 0.507 e. The molecular formula is C14H21N3O3. The fourth-order valence-electron chi connectivity index (χ4n) is 2.83. The molecule has 0 amide bonds. The predicted molar refractivity (Wildman–Crippen MR) is 77.0 cm³/mol. The number of phenolic OH excluding ortho intramolecular Hbond substituents is 1. The molecule has 0 saturated carbocycles. The van der Waals surface area contributed by atoms with Gasteiger partial charge in [0.05, 0.1) is 10.5 Å². The quantitative estimate of drug-likeness (QED) is 0.650. The third-order valence-corrected chi connectivity index (χ3v) is 3.90. The van der Waals surface area contributed by atoms with Gasteiger partial charge in [-0.25, -0.2) is 0 Å². The topological polar surface area (TPSA) is 78.6 Å². The number of hydrogen-bond acceptors (Lipinski definition) is 5. The molecule has 0 unspecified atom stereocenters. The number of nitro groups is 1. The van der Waals surface area contributed by atoms with Crippen LogP contribution in [-0.4, -0.2) is 41.1 Å². The summed E-state index contributed by atoms with van der Waals surface area (Å²) < 4.78 is 0. The summed E-state index contributed by atoms with van der Waals surface area (Å²) in [6.45, 7) is 7.19. The standard InChI is InChI=1S/C14H21N3O3/c1-3-11(16-8-6-15-7-9-16)13-12(17(19)20)5-4-10(2)14(13)18/h4-5,11,15,18H,3,6-9H2,1-2H3/t11-/m0/s1. The summed E-state index contributed by atoms with van der Waals surface area (Å²) in [5.41, 5.74) is 1.15. The Balaban J connectivity index is 2.46. The van der Waals surface area contributed by atoms with Crippen LogP contribution in [0.15, 0.2) is 12.1 Å². The minimum Gasteiger partial charge on any atom is -0.507 e. The molecule has 1 aromatic carbocycles. The molecule has 6 heteroatoms. The van der Waals surface area contributed by atoms with Gasteiger partial charge in [-0.2, -0.15) is 0 Å².